The molecular weight excluding hydrogens is 385 g/mol. The van der Waals surface area contributed by atoms with Crippen molar-refractivity contribution < 1.29 is 18.7 Å². The van der Waals surface area contributed by atoms with Crippen LogP contribution in [0.5, 0.6) is 5.75 Å². The Morgan fingerprint density at radius 2 is 1.73 bits per heavy atom. The van der Waals surface area contributed by atoms with Gasteiger partial charge in [0.15, 0.2) is 0 Å². The Hall–Kier alpha value is -4.00. The summed E-state index contributed by atoms with van der Waals surface area (Å²) < 4.78 is 18.7. The van der Waals surface area contributed by atoms with Crippen molar-refractivity contribution >= 4 is 23.1 Å². The summed E-state index contributed by atoms with van der Waals surface area (Å²) in [6.45, 7) is 0.105. The average Bonchev–Trinajstić information content (AvgIpc) is 2.99. The summed E-state index contributed by atoms with van der Waals surface area (Å²) in [5.74, 6) is -0.728. The molecule has 7 heteroatoms. The van der Waals surface area contributed by atoms with Crippen molar-refractivity contribution in [2.75, 3.05) is 12.4 Å². The van der Waals surface area contributed by atoms with E-state index in [2.05, 4.69) is 10.3 Å². The number of nitrogens with one attached hydrogen (secondary N) is 1. The van der Waals surface area contributed by atoms with Gasteiger partial charge in [0.2, 0.25) is 0 Å². The minimum Gasteiger partial charge on any atom is -0.497 e. The molecular formula is C23H18FN3O3. The lowest BCUT2D eigenvalue weighted by Crippen LogP contribution is -2.32. The molecule has 0 saturated heterocycles. The summed E-state index contributed by atoms with van der Waals surface area (Å²) in [6.07, 6.45) is 3.20. The van der Waals surface area contributed by atoms with Crippen LogP contribution in [0.4, 0.5) is 10.1 Å². The van der Waals surface area contributed by atoms with Crippen molar-refractivity contribution in [3.05, 3.63) is 95.7 Å². The summed E-state index contributed by atoms with van der Waals surface area (Å²) in [6, 6.07) is 16.0. The van der Waals surface area contributed by atoms with Gasteiger partial charge in [0.1, 0.15) is 17.3 Å². The van der Waals surface area contributed by atoms with Gasteiger partial charge in [0.25, 0.3) is 11.8 Å². The van der Waals surface area contributed by atoms with E-state index >= 15 is 0 Å². The SMILES string of the molecule is COc1cccc(NC2=C(c3ccc(F)cc3)C(=O)N(Cc3ccncc3)C2=O)c1. The Bertz CT molecular complexity index is 1130. The molecule has 0 bridgehead atoms. The first-order valence-corrected chi connectivity index (χ1v) is 9.23. The smallest absolute Gasteiger partial charge is 0.278 e. The van der Waals surface area contributed by atoms with E-state index in [1.807, 2.05) is 0 Å². The average molecular weight is 403 g/mol. The summed E-state index contributed by atoms with van der Waals surface area (Å²) in [5, 5.41) is 3.06. The molecule has 1 aliphatic rings. The molecule has 150 valence electrons. The Morgan fingerprint density at radius 3 is 2.43 bits per heavy atom. The van der Waals surface area contributed by atoms with Gasteiger partial charge in [-0.25, -0.2) is 4.39 Å². The van der Waals surface area contributed by atoms with E-state index in [1.165, 1.54) is 24.3 Å². The molecule has 1 aromatic heterocycles. The van der Waals surface area contributed by atoms with Gasteiger partial charge in [0.05, 0.1) is 19.2 Å². The fourth-order valence-corrected chi connectivity index (χ4v) is 3.24. The number of carbonyl (C=O) groups is 2. The first-order chi connectivity index (χ1) is 14.6. The summed E-state index contributed by atoms with van der Waals surface area (Å²) in [4.78, 5) is 31.5. The molecule has 0 fully saturated rings. The standard InChI is InChI=1S/C23H18FN3O3/c1-30-19-4-2-3-18(13-19)26-21-20(16-5-7-17(24)8-6-16)22(28)27(23(21)29)14-15-9-11-25-12-10-15/h2-13,26H,14H2,1H3. The lowest BCUT2D eigenvalue weighted by molar-refractivity contribution is -0.137. The largest absolute Gasteiger partial charge is 0.497 e. The Kier molecular flexibility index (Phi) is 5.26. The molecule has 0 spiro atoms. The van der Waals surface area contributed by atoms with Gasteiger partial charge in [0, 0.05) is 24.1 Å². The fraction of sp³-hybridized carbons (Fsp3) is 0.0870. The van der Waals surface area contributed by atoms with Crippen molar-refractivity contribution in [1.82, 2.24) is 9.88 Å². The van der Waals surface area contributed by atoms with Gasteiger partial charge < -0.3 is 10.1 Å². The molecule has 0 radical (unpaired) electrons. The van der Waals surface area contributed by atoms with Crippen molar-refractivity contribution in [1.29, 1.82) is 0 Å². The minimum atomic E-state index is -0.459. The van der Waals surface area contributed by atoms with Crippen LogP contribution in [0.15, 0.2) is 78.8 Å². The van der Waals surface area contributed by atoms with Crippen LogP contribution in [-0.2, 0) is 16.1 Å². The second-order valence-corrected chi connectivity index (χ2v) is 6.67. The summed E-state index contributed by atoms with van der Waals surface area (Å²) >= 11 is 0. The van der Waals surface area contributed by atoms with Crippen molar-refractivity contribution in [2.24, 2.45) is 0 Å². The highest BCUT2D eigenvalue weighted by molar-refractivity contribution is 6.36. The highest BCUT2D eigenvalue weighted by Crippen LogP contribution is 2.32. The zero-order valence-corrected chi connectivity index (χ0v) is 16.1. The van der Waals surface area contributed by atoms with Crippen molar-refractivity contribution in [2.45, 2.75) is 6.54 Å². The molecule has 0 saturated carbocycles. The number of aromatic nitrogens is 1. The quantitative estimate of drug-likeness (QED) is 0.637. The van der Waals surface area contributed by atoms with Crippen molar-refractivity contribution in [3.8, 4) is 5.75 Å². The van der Waals surface area contributed by atoms with Crippen LogP contribution >= 0.6 is 0 Å². The monoisotopic (exact) mass is 403 g/mol. The fourth-order valence-electron chi connectivity index (χ4n) is 3.24. The lowest BCUT2D eigenvalue weighted by Gasteiger charge is -2.15. The number of amides is 2. The molecule has 2 amide bonds. The number of halogens is 1. The maximum absolute atomic E-state index is 13.4. The van der Waals surface area contributed by atoms with Gasteiger partial charge in [-0.05, 0) is 47.5 Å². The molecule has 4 rings (SSSR count). The zero-order chi connectivity index (χ0) is 21.1. The number of carbonyl (C=O) groups excluding carboxylic acids is 2. The number of benzene rings is 2. The minimum absolute atomic E-state index is 0.105. The topological polar surface area (TPSA) is 71.5 Å². The first kappa shape index (κ1) is 19.3. The molecule has 6 nitrogen and oxygen atoms in total. The second kappa shape index (κ2) is 8.16. The highest BCUT2D eigenvalue weighted by atomic mass is 19.1. The summed E-state index contributed by atoms with van der Waals surface area (Å²) in [5.41, 5.74) is 2.15. The van der Waals surface area contributed by atoms with E-state index in [9.17, 15) is 14.0 Å². The molecule has 30 heavy (non-hydrogen) atoms. The molecule has 0 atom stereocenters. The number of nitrogens with zero attached hydrogens (tertiary/aromatic N) is 2. The third-order valence-corrected chi connectivity index (χ3v) is 4.73. The maximum atomic E-state index is 13.4. The Balaban J connectivity index is 1.74. The molecule has 2 heterocycles. The predicted molar refractivity (Wildman–Crippen MR) is 110 cm³/mol. The second-order valence-electron chi connectivity index (χ2n) is 6.67. The van der Waals surface area contributed by atoms with Crippen LogP contribution in [0.1, 0.15) is 11.1 Å². The lowest BCUT2D eigenvalue weighted by atomic mass is 10.0. The number of imide groups is 1. The number of anilines is 1. The van der Waals surface area contributed by atoms with Gasteiger partial charge >= 0.3 is 0 Å². The highest BCUT2D eigenvalue weighted by Gasteiger charge is 2.39. The molecule has 1 aliphatic heterocycles. The molecule has 2 aromatic carbocycles. The van der Waals surface area contributed by atoms with E-state index in [0.29, 0.717) is 17.0 Å². The van der Waals surface area contributed by atoms with Crippen LogP contribution < -0.4 is 10.1 Å². The molecule has 3 aromatic rings. The number of pyridine rings is 1. The van der Waals surface area contributed by atoms with Crippen molar-refractivity contribution in [3.63, 3.8) is 0 Å². The third-order valence-electron chi connectivity index (χ3n) is 4.73. The zero-order valence-electron chi connectivity index (χ0n) is 16.1. The number of rotatable bonds is 6. The van der Waals surface area contributed by atoms with Gasteiger partial charge in [-0.1, -0.05) is 18.2 Å². The predicted octanol–water partition coefficient (Wildman–Crippen LogP) is 3.62. The van der Waals surface area contributed by atoms with Crippen LogP contribution in [0.2, 0.25) is 0 Å². The summed E-state index contributed by atoms with van der Waals surface area (Å²) in [7, 11) is 1.54. The van der Waals surface area contributed by atoms with Crippen LogP contribution in [0.25, 0.3) is 5.57 Å². The molecule has 0 unspecified atom stereocenters. The number of methoxy groups -OCH3 is 1. The molecule has 1 N–H and O–H groups in total. The van der Waals surface area contributed by atoms with Crippen LogP contribution in [0.3, 0.4) is 0 Å². The van der Waals surface area contributed by atoms with Gasteiger partial charge in [-0.3, -0.25) is 19.5 Å². The van der Waals surface area contributed by atoms with E-state index in [1.54, 1.807) is 55.9 Å². The number of hydrogen-bond donors (Lipinski definition) is 1. The Morgan fingerprint density at radius 1 is 1.00 bits per heavy atom. The molecule has 0 aliphatic carbocycles. The van der Waals surface area contributed by atoms with Gasteiger partial charge in [-0.15, -0.1) is 0 Å². The van der Waals surface area contributed by atoms with Gasteiger partial charge in [-0.2, -0.15) is 0 Å². The number of hydrogen-bond acceptors (Lipinski definition) is 5. The first-order valence-electron chi connectivity index (χ1n) is 9.23. The van der Waals surface area contributed by atoms with E-state index < -0.39 is 17.6 Å². The third kappa shape index (κ3) is 3.77. The van der Waals surface area contributed by atoms with E-state index in [0.717, 1.165) is 10.5 Å². The van der Waals surface area contributed by atoms with E-state index in [4.69, 9.17) is 4.74 Å². The maximum Gasteiger partial charge on any atom is 0.278 e. The normalized spacial score (nSPS) is 13.7. The van der Waals surface area contributed by atoms with E-state index in [-0.39, 0.29) is 17.8 Å². The van der Waals surface area contributed by atoms with Crippen LogP contribution in [0, 0.1) is 5.82 Å². The Labute approximate surface area is 172 Å². The van der Waals surface area contributed by atoms with Crippen LogP contribution in [-0.4, -0.2) is 28.8 Å². The number of ether oxygens (including phenoxy) is 1.